The van der Waals surface area contributed by atoms with Gasteiger partial charge >= 0.3 is 0 Å². The van der Waals surface area contributed by atoms with E-state index in [-0.39, 0.29) is 52.8 Å². The Morgan fingerprint density at radius 3 is 2.12 bits per heavy atom. The van der Waals surface area contributed by atoms with E-state index in [1.54, 1.807) is 70.9 Å². The molecule has 8 aromatic rings. The number of aryl methyl sites for hydroxylation is 1. The maximum absolute atomic E-state index is 14.2. The fraction of sp³-hybridized carbons (Fsp3) is 0.302. The highest BCUT2D eigenvalue weighted by Gasteiger charge is 2.39. The SMILES string of the molecule is Cc1sc2nc1C(=O)N[C@@H](C(C)C)c1nc(cs1)C(=O)NCC(=O)N[C@@H]([C@H](O)c1ccccc1)c1nc(cs1)-c1nc(cs1)-c1nc(-c3nc(C4=N[C@@H](C(=O)N5CCC[C@@H]5C(N)=O)CO4)cs3)ccc1-c1nc(cs1)C(=O)N[C@H]2CC(N)=O. The number of aromatic nitrogens is 7. The first-order valence-corrected chi connectivity index (χ1v) is 31.0. The van der Waals surface area contributed by atoms with E-state index in [0.29, 0.717) is 88.9 Å². The van der Waals surface area contributed by atoms with Crippen molar-refractivity contribution in [2.24, 2.45) is 22.4 Å². The van der Waals surface area contributed by atoms with E-state index < -0.39 is 78.3 Å². The van der Waals surface area contributed by atoms with Crippen LogP contribution in [-0.2, 0) is 23.9 Å². The van der Waals surface area contributed by atoms with Crippen molar-refractivity contribution in [2.45, 2.75) is 76.3 Å². The number of carbonyl (C=O) groups excluding carboxylic acids is 7. The second-order valence-corrected chi connectivity index (χ2v) is 25.2. The molecule has 426 valence electrons. The zero-order chi connectivity index (χ0) is 58.2. The minimum Gasteiger partial charge on any atom is -0.473 e. The standard InChI is InChI=1S/C53H49N15O9S6/c1-22(2)37-51-62-30(18-81-51)43(73)56-15-36(70)65-40(41(71)24-8-5-4-6-9-24)52-64-33(21-82-52)49-60-29(17-79-49)39-25(47-61-31(19-78-47)44(74)58-27(14-35(54)69)50-67-38(23(3)83-50)45(75)66-37)11-12-26(57-39)48-63-32(20-80-48)46-59-28(16-77-46)53(76)68-13-7-10-34(68)42(55)72/h4-6,8-9,11-12,17-22,27-28,34,37,40-41,71H,7,10,13-16H2,1-3H3,(H2,54,69)(H2,55,72)(H,56,73)(H,58,74)(H,65,70)(H,66,75)/t27-,28+,34+,37-,40-,41+/m0/s1. The van der Waals surface area contributed by atoms with Crippen molar-refractivity contribution in [3.8, 4) is 43.4 Å². The number of hydrogen-bond donors (Lipinski definition) is 7. The lowest BCUT2D eigenvalue weighted by atomic mass is 10.0. The number of amides is 7. The van der Waals surface area contributed by atoms with Crippen LogP contribution in [0.15, 0.2) is 74.4 Å². The summed E-state index contributed by atoms with van der Waals surface area (Å²) >= 11 is 7.13. The number of aliphatic hydroxyl groups excluding tert-OH is 1. The number of ether oxygens (including phenoxy) is 1. The van der Waals surface area contributed by atoms with Gasteiger partial charge in [0.15, 0.2) is 6.04 Å². The number of likely N-dealkylation sites (tertiary alicyclic amines) is 1. The van der Waals surface area contributed by atoms with Gasteiger partial charge in [-0.25, -0.2) is 39.9 Å². The molecule has 30 heteroatoms. The van der Waals surface area contributed by atoms with Gasteiger partial charge in [-0.3, -0.25) is 33.6 Å². The second-order valence-electron chi connectivity index (χ2n) is 19.6. The molecular weight excluding hydrogens is 1180 g/mol. The van der Waals surface area contributed by atoms with E-state index in [9.17, 15) is 38.7 Å². The third kappa shape index (κ3) is 12.1. The molecule has 0 radical (unpaired) electrons. The number of nitrogens with zero attached hydrogens (tertiary/aromatic N) is 9. The molecule has 10 bridgehead atoms. The highest BCUT2D eigenvalue weighted by Crippen LogP contribution is 2.40. The average Bonchev–Trinajstić information content (AvgIpc) is 4.29. The zero-order valence-corrected chi connectivity index (χ0v) is 49.0. The van der Waals surface area contributed by atoms with Crippen LogP contribution in [0.4, 0.5) is 0 Å². The van der Waals surface area contributed by atoms with Crippen LogP contribution in [0, 0.1) is 12.8 Å². The maximum Gasteiger partial charge on any atom is 0.271 e. The summed E-state index contributed by atoms with van der Waals surface area (Å²) in [5, 5.41) is 33.8. The lowest BCUT2D eigenvalue weighted by molar-refractivity contribution is -0.138. The molecule has 0 aliphatic carbocycles. The van der Waals surface area contributed by atoms with Crippen molar-refractivity contribution in [3.63, 3.8) is 0 Å². The molecule has 6 atom stereocenters. The number of nitrogens with one attached hydrogen (secondary N) is 4. The predicted molar refractivity (Wildman–Crippen MR) is 312 cm³/mol. The van der Waals surface area contributed by atoms with Gasteiger partial charge in [-0.1, -0.05) is 44.2 Å². The molecule has 1 saturated heterocycles. The molecule has 0 unspecified atom stereocenters. The van der Waals surface area contributed by atoms with Crippen molar-refractivity contribution in [1.29, 1.82) is 0 Å². The lowest BCUT2D eigenvalue weighted by Gasteiger charge is -2.23. The normalized spacial score (nSPS) is 19.9. The monoisotopic (exact) mass is 1230 g/mol. The molecule has 83 heavy (non-hydrogen) atoms. The largest absolute Gasteiger partial charge is 0.473 e. The van der Waals surface area contributed by atoms with Gasteiger partial charge in [0, 0.05) is 43.9 Å². The average molecular weight is 1230 g/mol. The Kier molecular flexibility index (Phi) is 16.4. The third-order valence-corrected chi connectivity index (χ3v) is 19.1. The molecule has 1 aromatic carbocycles. The van der Waals surface area contributed by atoms with E-state index in [1.165, 1.54) is 44.3 Å². The molecular formula is C53H49N15O9S6. The number of aliphatic hydroxyl groups is 1. The maximum atomic E-state index is 14.2. The molecule has 24 nitrogen and oxygen atoms in total. The van der Waals surface area contributed by atoms with Crippen LogP contribution in [0.3, 0.4) is 0 Å². The molecule has 10 heterocycles. The summed E-state index contributed by atoms with van der Waals surface area (Å²) in [5.74, 6) is -4.19. The molecule has 7 amide bonds. The molecule has 9 N–H and O–H groups in total. The van der Waals surface area contributed by atoms with Crippen LogP contribution < -0.4 is 32.7 Å². The molecule has 0 saturated carbocycles. The Balaban J connectivity index is 0.958. The minimum atomic E-state index is -1.27. The third-order valence-electron chi connectivity index (χ3n) is 13.6. The Morgan fingerprint density at radius 1 is 0.699 bits per heavy atom. The smallest absolute Gasteiger partial charge is 0.271 e. The first-order chi connectivity index (χ1) is 40.0. The molecule has 0 spiro atoms. The van der Waals surface area contributed by atoms with Crippen LogP contribution in [0.2, 0.25) is 0 Å². The quantitative estimate of drug-likeness (QED) is 0.0934. The lowest BCUT2D eigenvalue weighted by Crippen LogP contribution is -2.47. The predicted octanol–water partition coefficient (Wildman–Crippen LogP) is 5.53. The number of pyridine rings is 1. The molecule has 7 aromatic heterocycles. The number of nitrogens with two attached hydrogens (primary N) is 2. The van der Waals surface area contributed by atoms with Crippen molar-refractivity contribution >= 4 is 115 Å². The number of rotatable bonds is 9. The number of aliphatic imine (C=N–C) groups is 1. The van der Waals surface area contributed by atoms with Gasteiger partial charge < -0.3 is 47.5 Å². The summed E-state index contributed by atoms with van der Waals surface area (Å²) in [4.78, 5) is 134. The Morgan fingerprint density at radius 2 is 1.36 bits per heavy atom. The Hall–Kier alpha value is -8.13. The van der Waals surface area contributed by atoms with Gasteiger partial charge in [0.2, 0.25) is 23.6 Å². The summed E-state index contributed by atoms with van der Waals surface area (Å²) in [6.07, 6.45) is -0.479. The van der Waals surface area contributed by atoms with Crippen molar-refractivity contribution < 1.29 is 43.4 Å². The number of hydrogen-bond acceptors (Lipinski definition) is 23. The van der Waals surface area contributed by atoms with Gasteiger partial charge in [-0.05, 0) is 43.4 Å². The fourth-order valence-corrected chi connectivity index (χ4v) is 14.7. The Labute approximate surface area is 496 Å². The van der Waals surface area contributed by atoms with Gasteiger partial charge in [0.25, 0.3) is 23.6 Å². The summed E-state index contributed by atoms with van der Waals surface area (Å²) in [5.41, 5.74) is 14.3. The van der Waals surface area contributed by atoms with Crippen LogP contribution in [0.5, 0.6) is 0 Å². The topological polar surface area (TPSA) is 355 Å². The summed E-state index contributed by atoms with van der Waals surface area (Å²) in [6.45, 7) is 5.31. The first kappa shape index (κ1) is 56.7. The van der Waals surface area contributed by atoms with E-state index in [1.807, 2.05) is 13.8 Å². The zero-order valence-electron chi connectivity index (χ0n) is 44.1. The van der Waals surface area contributed by atoms with Gasteiger partial charge in [0.1, 0.15) is 94.7 Å². The number of carbonyl (C=O) groups is 7. The van der Waals surface area contributed by atoms with E-state index in [4.69, 9.17) is 41.1 Å². The molecule has 11 rings (SSSR count). The summed E-state index contributed by atoms with van der Waals surface area (Å²) in [7, 11) is 0. The Bertz CT molecular complexity index is 3870. The van der Waals surface area contributed by atoms with Crippen LogP contribution in [0.25, 0.3) is 43.4 Å². The van der Waals surface area contributed by atoms with E-state index >= 15 is 0 Å². The minimum absolute atomic E-state index is 0.00264. The summed E-state index contributed by atoms with van der Waals surface area (Å²) < 4.78 is 5.88. The van der Waals surface area contributed by atoms with E-state index in [0.717, 1.165) is 34.0 Å². The van der Waals surface area contributed by atoms with Crippen molar-refractivity contribution in [2.75, 3.05) is 19.7 Å². The number of benzene rings is 1. The first-order valence-electron chi connectivity index (χ1n) is 25.7. The van der Waals surface area contributed by atoms with Crippen molar-refractivity contribution in [1.82, 2.24) is 61.1 Å². The van der Waals surface area contributed by atoms with Crippen molar-refractivity contribution in [3.05, 3.63) is 118 Å². The number of fused-ring (bicyclic) bond motifs is 14. The van der Waals surface area contributed by atoms with Crippen LogP contribution in [-0.4, -0.2) is 124 Å². The number of thiazole rings is 6. The van der Waals surface area contributed by atoms with Crippen LogP contribution >= 0.6 is 68.0 Å². The molecule has 3 aliphatic rings. The molecule has 3 aliphatic heterocycles. The van der Waals surface area contributed by atoms with Gasteiger partial charge in [0.05, 0.1) is 30.7 Å². The molecule has 1 fully saturated rings. The second kappa shape index (κ2) is 24.0. The van der Waals surface area contributed by atoms with Gasteiger partial charge in [-0.15, -0.1) is 68.0 Å². The fourth-order valence-electron chi connectivity index (χ4n) is 9.39. The number of primary amides is 2. The highest BCUT2D eigenvalue weighted by atomic mass is 32.1. The van der Waals surface area contributed by atoms with Crippen LogP contribution in [0.1, 0.15) is 120 Å². The summed E-state index contributed by atoms with van der Waals surface area (Å²) in [6, 6.07) is 7.92. The highest BCUT2D eigenvalue weighted by molar-refractivity contribution is 7.15. The van der Waals surface area contributed by atoms with Gasteiger partial charge in [-0.2, -0.15) is 0 Å². The van der Waals surface area contributed by atoms with E-state index in [2.05, 4.69) is 36.2 Å².